The molecule has 3 aliphatic carbocycles. The van der Waals surface area contributed by atoms with E-state index in [2.05, 4.69) is 22.4 Å². The van der Waals surface area contributed by atoms with Crippen LogP contribution in [0.5, 0.6) is 0 Å². The van der Waals surface area contributed by atoms with Gasteiger partial charge in [0, 0.05) is 25.4 Å². The topological polar surface area (TPSA) is 62.7 Å². The highest BCUT2D eigenvalue weighted by molar-refractivity contribution is 7.71. The molecule has 2 N–H and O–H groups in total. The number of nitrogens with one attached hydrogen (secondary N) is 2. The largest absolute Gasteiger partial charge is 0.354 e. The second kappa shape index (κ2) is 4.93. The molecule has 0 unspecified atom stereocenters. The minimum atomic E-state index is 0.273. The highest BCUT2D eigenvalue weighted by Crippen LogP contribution is 2.69. The van der Waals surface area contributed by atoms with Gasteiger partial charge in [-0.15, -0.1) is 0 Å². The minimum Gasteiger partial charge on any atom is -0.354 e. The number of rotatable bonds is 5. The van der Waals surface area contributed by atoms with E-state index in [1.807, 2.05) is 4.57 Å². The van der Waals surface area contributed by atoms with Crippen LogP contribution in [-0.2, 0) is 17.8 Å². The number of aryl methyl sites for hydroxylation is 1. The molecule has 21 heavy (non-hydrogen) atoms. The number of aromatic amines is 1. The van der Waals surface area contributed by atoms with E-state index < -0.39 is 0 Å². The van der Waals surface area contributed by atoms with E-state index in [9.17, 15) is 4.79 Å². The second-order valence-corrected chi connectivity index (χ2v) is 7.14. The van der Waals surface area contributed by atoms with E-state index in [4.69, 9.17) is 12.2 Å². The lowest BCUT2D eigenvalue weighted by Crippen LogP contribution is -2.30. The van der Waals surface area contributed by atoms with Gasteiger partial charge in [0.25, 0.3) is 0 Å². The first-order chi connectivity index (χ1) is 10.2. The van der Waals surface area contributed by atoms with Crippen LogP contribution in [0.25, 0.3) is 0 Å². The molecule has 3 aliphatic rings. The number of carbonyl (C=O) groups excluding carboxylic acids is 1. The molecular weight excluding hydrogens is 284 g/mol. The lowest BCUT2D eigenvalue weighted by atomic mass is 10.0. The molecular formula is C15H22N4OS. The first-order valence-electron chi connectivity index (χ1n) is 8.12. The van der Waals surface area contributed by atoms with Gasteiger partial charge in [0.1, 0.15) is 5.82 Å². The summed E-state index contributed by atoms with van der Waals surface area (Å²) in [4.78, 5) is 12.3. The zero-order valence-corrected chi connectivity index (χ0v) is 13.2. The van der Waals surface area contributed by atoms with E-state index in [-0.39, 0.29) is 5.91 Å². The number of amides is 1. The first kappa shape index (κ1) is 13.5. The van der Waals surface area contributed by atoms with Crippen LogP contribution in [0.15, 0.2) is 0 Å². The Morgan fingerprint density at radius 3 is 2.81 bits per heavy atom. The molecule has 6 heteroatoms. The molecule has 0 radical (unpaired) electrons. The molecule has 3 fully saturated rings. The van der Waals surface area contributed by atoms with Gasteiger partial charge in [-0.2, -0.15) is 5.10 Å². The molecule has 4 rings (SSSR count). The van der Waals surface area contributed by atoms with Gasteiger partial charge in [-0.25, -0.2) is 0 Å². The average molecular weight is 306 g/mol. The van der Waals surface area contributed by atoms with Gasteiger partial charge in [0.05, 0.1) is 0 Å². The number of H-pyrrole nitrogens is 1. The van der Waals surface area contributed by atoms with E-state index in [1.165, 1.54) is 19.3 Å². The summed E-state index contributed by atoms with van der Waals surface area (Å²) in [6.45, 7) is 3.41. The second-order valence-electron chi connectivity index (χ2n) is 6.75. The van der Waals surface area contributed by atoms with Gasteiger partial charge in [0.15, 0.2) is 4.77 Å². The van der Waals surface area contributed by atoms with Crippen molar-refractivity contribution in [3.8, 4) is 0 Å². The van der Waals surface area contributed by atoms with Crippen LogP contribution >= 0.6 is 12.2 Å². The fraction of sp³-hybridized carbons (Fsp3) is 0.800. The van der Waals surface area contributed by atoms with Crippen LogP contribution in [0, 0.1) is 34.4 Å². The molecule has 1 amide bonds. The fourth-order valence-corrected chi connectivity index (χ4v) is 5.18. The Balaban J connectivity index is 1.31. The minimum absolute atomic E-state index is 0.273. The van der Waals surface area contributed by atoms with Crippen molar-refractivity contribution >= 4 is 18.1 Å². The lowest BCUT2D eigenvalue weighted by Gasteiger charge is -2.10. The van der Waals surface area contributed by atoms with Crippen molar-refractivity contribution in [2.45, 2.75) is 39.2 Å². The highest BCUT2D eigenvalue weighted by Gasteiger charge is 2.67. The van der Waals surface area contributed by atoms with Crippen LogP contribution in [0.3, 0.4) is 0 Å². The summed E-state index contributed by atoms with van der Waals surface area (Å²) >= 11 is 5.22. The van der Waals surface area contributed by atoms with Gasteiger partial charge in [-0.1, -0.05) is 6.92 Å². The van der Waals surface area contributed by atoms with Crippen molar-refractivity contribution in [3.05, 3.63) is 10.6 Å². The van der Waals surface area contributed by atoms with Crippen molar-refractivity contribution in [1.82, 2.24) is 20.1 Å². The smallest absolute Gasteiger partial charge is 0.223 e. The lowest BCUT2D eigenvalue weighted by molar-refractivity contribution is -0.123. The number of nitrogens with zero attached hydrogens (tertiary/aromatic N) is 2. The van der Waals surface area contributed by atoms with Crippen molar-refractivity contribution < 1.29 is 4.79 Å². The molecule has 3 saturated carbocycles. The fourth-order valence-electron chi connectivity index (χ4n) is 4.94. The normalized spacial score (nSPS) is 35.8. The number of hydrogen-bond donors (Lipinski definition) is 2. The van der Waals surface area contributed by atoms with Gasteiger partial charge < -0.3 is 9.88 Å². The molecule has 5 nitrogen and oxygen atoms in total. The quantitative estimate of drug-likeness (QED) is 0.817. The van der Waals surface area contributed by atoms with Gasteiger partial charge >= 0.3 is 0 Å². The maximum atomic E-state index is 12.3. The molecule has 1 aromatic heterocycles. The first-order valence-corrected chi connectivity index (χ1v) is 8.53. The van der Waals surface area contributed by atoms with E-state index in [0.29, 0.717) is 35.6 Å². The Hall–Kier alpha value is -1.17. The number of aromatic nitrogens is 3. The van der Waals surface area contributed by atoms with E-state index in [1.54, 1.807) is 0 Å². The third-order valence-electron chi connectivity index (χ3n) is 5.83. The maximum Gasteiger partial charge on any atom is 0.223 e. The highest BCUT2D eigenvalue weighted by atomic mass is 32.1. The Bertz CT molecular complexity index is 605. The summed E-state index contributed by atoms with van der Waals surface area (Å²) < 4.78 is 2.62. The van der Waals surface area contributed by atoms with Crippen molar-refractivity contribution in [2.75, 3.05) is 6.54 Å². The average Bonchev–Trinajstić information content (AvgIpc) is 2.78. The monoisotopic (exact) mass is 306 g/mol. The predicted octanol–water partition coefficient (Wildman–Crippen LogP) is 1.91. The van der Waals surface area contributed by atoms with Crippen LogP contribution in [0.4, 0.5) is 0 Å². The predicted molar refractivity (Wildman–Crippen MR) is 81.1 cm³/mol. The Labute approximate surface area is 129 Å². The Morgan fingerprint density at radius 1 is 1.43 bits per heavy atom. The summed E-state index contributed by atoms with van der Waals surface area (Å²) in [7, 11) is 0. The van der Waals surface area contributed by atoms with Gasteiger partial charge in [-0.05, 0) is 55.2 Å². The molecule has 0 aliphatic heterocycles. The van der Waals surface area contributed by atoms with Gasteiger partial charge in [-0.3, -0.25) is 9.89 Å². The Kier molecular flexibility index (Phi) is 3.17. The maximum absolute atomic E-state index is 12.3. The zero-order valence-electron chi connectivity index (χ0n) is 12.3. The summed E-state index contributed by atoms with van der Waals surface area (Å²) in [6.07, 6.45) is 4.96. The zero-order chi connectivity index (χ0) is 14.6. The van der Waals surface area contributed by atoms with Crippen LogP contribution in [0.1, 0.15) is 32.0 Å². The van der Waals surface area contributed by atoms with Crippen LogP contribution in [0.2, 0.25) is 0 Å². The number of fused-ring (bicyclic) bond motifs is 5. The summed E-state index contributed by atoms with van der Waals surface area (Å²) in [6, 6.07) is 0. The third-order valence-corrected chi connectivity index (χ3v) is 6.14. The molecule has 114 valence electrons. The summed E-state index contributed by atoms with van der Waals surface area (Å²) in [5.74, 6) is 4.68. The number of carbonyl (C=O) groups is 1. The molecule has 4 atom stereocenters. The molecule has 2 bridgehead atoms. The Morgan fingerprint density at radius 2 is 2.14 bits per heavy atom. The van der Waals surface area contributed by atoms with Crippen LogP contribution in [-0.4, -0.2) is 27.2 Å². The molecule has 0 aromatic carbocycles. The third kappa shape index (κ3) is 2.06. The van der Waals surface area contributed by atoms with Crippen molar-refractivity contribution in [2.24, 2.45) is 29.6 Å². The molecule has 0 saturated heterocycles. The number of hydrogen-bond acceptors (Lipinski definition) is 3. The summed E-state index contributed by atoms with van der Waals surface area (Å²) in [5, 5.41) is 10.1. The molecule has 1 heterocycles. The standard InChI is InChI=1S/C15H22N4OS/c1-2-10-17-18-15(21)19(10)6-5-16-14(20)13-11-8-3-4-9(7-8)12(11)13/h8-9,11-13H,2-7H2,1H3,(H,16,20)(H,18,21)/t8-,9-,11+,12+/m0/s1. The van der Waals surface area contributed by atoms with Crippen LogP contribution < -0.4 is 5.32 Å². The van der Waals surface area contributed by atoms with Gasteiger partial charge in [0.2, 0.25) is 5.91 Å². The van der Waals surface area contributed by atoms with Crippen molar-refractivity contribution in [1.29, 1.82) is 0 Å². The molecule has 1 aromatic rings. The van der Waals surface area contributed by atoms with Crippen molar-refractivity contribution in [3.63, 3.8) is 0 Å². The SMILES string of the molecule is CCc1n[nH]c(=S)n1CCNC(=O)C1[C@@H]2[C@H]3CC[C@@H](C3)[C@@H]12. The summed E-state index contributed by atoms with van der Waals surface area (Å²) in [5.41, 5.74) is 0. The van der Waals surface area contributed by atoms with E-state index in [0.717, 1.165) is 24.1 Å². The van der Waals surface area contributed by atoms with E-state index >= 15 is 0 Å². The molecule has 0 spiro atoms.